The number of benzene rings is 1. The first kappa shape index (κ1) is 8.81. The average molecular weight is 189 g/mol. The third kappa shape index (κ3) is 1.27. The predicted molar refractivity (Wildman–Crippen MR) is 54.7 cm³/mol. The SMILES string of the molecule is COc1ccc2c(C)c(O)cnc2c1. The van der Waals surface area contributed by atoms with Gasteiger partial charge in [0.25, 0.3) is 0 Å². The van der Waals surface area contributed by atoms with Crippen molar-refractivity contribution in [2.75, 3.05) is 7.11 Å². The van der Waals surface area contributed by atoms with Gasteiger partial charge in [-0.25, -0.2) is 0 Å². The van der Waals surface area contributed by atoms with Gasteiger partial charge in [0.1, 0.15) is 11.5 Å². The fourth-order valence-corrected chi connectivity index (χ4v) is 1.43. The van der Waals surface area contributed by atoms with E-state index in [4.69, 9.17) is 4.74 Å². The molecule has 0 saturated heterocycles. The molecular weight excluding hydrogens is 178 g/mol. The van der Waals surface area contributed by atoms with Crippen LogP contribution in [0.2, 0.25) is 0 Å². The van der Waals surface area contributed by atoms with E-state index in [9.17, 15) is 5.11 Å². The summed E-state index contributed by atoms with van der Waals surface area (Å²) in [4.78, 5) is 4.12. The smallest absolute Gasteiger partial charge is 0.137 e. The van der Waals surface area contributed by atoms with Gasteiger partial charge in [0, 0.05) is 17.0 Å². The highest BCUT2D eigenvalue weighted by molar-refractivity contribution is 5.84. The van der Waals surface area contributed by atoms with E-state index in [0.717, 1.165) is 22.2 Å². The summed E-state index contributed by atoms with van der Waals surface area (Å²) in [5.41, 5.74) is 1.68. The molecule has 0 aliphatic rings. The number of ether oxygens (including phenoxy) is 1. The summed E-state index contributed by atoms with van der Waals surface area (Å²) in [5.74, 6) is 0.998. The molecule has 0 amide bonds. The van der Waals surface area contributed by atoms with E-state index in [-0.39, 0.29) is 5.75 Å². The van der Waals surface area contributed by atoms with Crippen molar-refractivity contribution in [3.05, 3.63) is 30.0 Å². The number of fused-ring (bicyclic) bond motifs is 1. The van der Waals surface area contributed by atoms with Gasteiger partial charge in [-0.3, -0.25) is 4.98 Å². The Hall–Kier alpha value is -1.77. The maximum absolute atomic E-state index is 9.45. The van der Waals surface area contributed by atoms with Gasteiger partial charge in [-0.05, 0) is 19.1 Å². The highest BCUT2D eigenvalue weighted by Crippen LogP contribution is 2.26. The molecule has 0 bridgehead atoms. The second-order valence-corrected chi connectivity index (χ2v) is 3.15. The lowest BCUT2D eigenvalue weighted by Gasteiger charge is -2.05. The number of aryl methyl sites for hydroxylation is 1. The van der Waals surface area contributed by atoms with Crippen molar-refractivity contribution in [3.63, 3.8) is 0 Å². The zero-order valence-electron chi connectivity index (χ0n) is 8.11. The Morgan fingerprint density at radius 3 is 2.86 bits per heavy atom. The van der Waals surface area contributed by atoms with Gasteiger partial charge in [0.2, 0.25) is 0 Å². The molecule has 3 heteroatoms. The molecule has 0 radical (unpaired) electrons. The van der Waals surface area contributed by atoms with Crippen LogP contribution >= 0.6 is 0 Å². The molecule has 0 aliphatic heterocycles. The lowest BCUT2D eigenvalue weighted by Crippen LogP contribution is -1.86. The molecule has 1 aromatic carbocycles. The third-order valence-electron chi connectivity index (χ3n) is 2.32. The number of nitrogens with zero attached hydrogens (tertiary/aromatic N) is 1. The molecule has 0 spiro atoms. The van der Waals surface area contributed by atoms with Gasteiger partial charge in [0.05, 0.1) is 18.8 Å². The minimum atomic E-state index is 0.225. The largest absolute Gasteiger partial charge is 0.506 e. The van der Waals surface area contributed by atoms with Crippen molar-refractivity contribution in [2.24, 2.45) is 0 Å². The molecule has 2 rings (SSSR count). The first-order valence-electron chi connectivity index (χ1n) is 4.34. The zero-order valence-corrected chi connectivity index (χ0v) is 8.11. The van der Waals surface area contributed by atoms with Gasteiger partial charge >= 0.3 is 0 Å². The van der Waals surface area contributed by atoms with E-state index in [2.05, 4.69) is 4.98 Å². The lowest BCUT2D eigenvalue weighted by molar-refractivity contribution is 0.415. The average Bonchev–Trinajstić information content (AvgIpc) is 2.23. The molecule has 0 aliphatic carbocycles. The van der Waals surface area contributed by atoms with E-state index < -0.39 is 0 Å². The molecule has 1 heterocycles. The molecule has 14 heavy (non-hydrogen) atoms. The maximum atomic E-state index is 9.45. The number of hydrogen-bond donors (Lipinski definition) is 1. The number of methoxy groups -OCH3 is 1. The molecule has 3 nitrogen and oxygen atoms in total. The Balaban J connectivity index is 2.74. The Morgan fingerprint density at radius 1 is 1.36 bits per heavy atom. The van der Waals surface area contributed by atoms with Crippen molar-refractivity contribution in [1.82, 2.24) is 4.98 Å². The van der Waals surface area contributed by atoms with Crippen molar-refractivity contribution in [3.8, 4) is 11.5 Å². The molecule has 0 unspecified atom stereocenters. The normalized spacial score (nSPS) is 10.4. The minimum Gasteiger partial charge on any atom is -0.506 e. The summed E-state index contributed by atoms with van der Waals surface area (Å²) in [6.45, 7) is 1.87. The highest BCUT2D eigenvalue weighted by Gasteiger charge is 2.03. The molecule has 0 fully saturated rings. The van der Waals surface area contributed by atoms with Gasteiger partial charge in [0.15, 0.2) is 0 Å². The first-order chi connectivity index (χ1) is 6.72. The quantitative estimate of drug-likeness (QED) is 0.748. The van der Waals surface area contributed by atoms with E-state index in [0.29, 0.717) is 0 Å². The van der Waals surface area contributed by atoms with Crippen LogP contribution in [0.3, 0.4) is 0 Å². The van der Waals surface area contributed by atoms with Crippen LogP contribution in [0.25, 0.3) is 10.9 Å². The van der Waals surface area contributed by atoms with Gasteiger partial charge < -0.3 is 9.84 Å². The van der Waals surface area contributed by atoms with Gasteiger partial charge in [-0.2, -0.15) is 0 Å². The van der Waals surface area contributed by atoms with Crippen LogP contribution in [-0.2, 0) is 0 Å². The molecule has 0 saturated carbocycles. The van der Waals surface area contributed by atoms with E-state index >= 15 is 0 Å². The van der Waals surface area contributed by atoms with E-state index in [1.165, 1.54) is 6.20 Å². The van der Waals surface area contributed by atoms with Gasteiger partial charge in [-0.1, -0.05) is 0 Å². The van der Waals surface area contributed by atoms with Crippen LogP contribution in [0, 0.1) is 6.92 Å². The van der Waals surface area contributed by atoms with Crippen LogP contribution in [0.1, 0.15) is 5.56 Å². The second kappa shape index (κ2) is 3.18. The summed E-state index contributed by atoms with van der Waals surface area (Å²) < 4.78 is 5.09. The van der Waals surface area contributed by atoms with Crippen LogP contribution < -0.4 is 4.74 Å². The fraction of sp³-hybridized carbons (Fsp3) is 0.182. The number of rotatable bonds is 1. The number of hydrogen-bond acceptors (Lipinski definition) is 3. The molecule has 1 N–H and O–H groups in total. The fourth-order valence-electron chi connectivity index (χ4n) is 1.43. The first-order valence-corrected chi connectivity index (χ1v) is 4.34. The van der Waals surface area contributed by atoms with Crippen LogP contribution in [0.4, 0.5) is 0 Å². The highest BCUT2D eigenvalue weighted by atomic mass is 16.5. The topological polar surface area (TPSA) is 42.4 Å². The number of aromatic nitrogens is 1. The maximum Gasteiger partial charge on any atom is 0.137 e. The number of aromatic hydroxyl groups is 1. The summed E-state index contributed by atoms with van der Waals surface area (Å²) in [6, 6.07) is 5.61. The number of pyridine rings is 1. The monoisotopic (exact) mass is 189 g/mol. The third-order valence-corrected chi connectivity index (χ3v) is 2.32. The summed E-state index contributed by atoms with van der Waals surface area (Å²) >= 11 is 0. The second-order valence-electron chi connectivity index (χ2n) is 3.15. The Bertz CT molecular complexity index is 480. The van der Waals surface area contributed by atoms with E-state index in [1.807, 2.05) is 25.1 Å². The lowest BCUT2D eigenvalue weighted by atomic mass is 10.1. The Morgan fingerprint density at radius 2 is 2.14 bits per heavy atom. The van der Waals surface area contributed by atoms with Crippen LogP contribution in [-0.4, -0.2) is 17.2 Å². The van der Waals surface area contributed by atoms with Crippen molar-refractivity contribution in [2.45, 2.75) is 6.92 Å². The summed E-state index contributed by atoms with van der Waals surface area (Å²) in [5, 5.41) is 10.4. The molecular formula is C11H11NO2. The summed E-state index contributed by atoms with van der Waals surface area (Å²) in [6.07, 6.45) is 1.46. The molecule has 1 aromatic heterocycles. The van der Waals surface area contributed by atoms with Crippen molar-refractivity contribution in [1.29, 1.82) is 0 Å². The Labute approximate surface area is 82.0 Å². The van der Waals surface area contributed by atoms with Gasteiger partial charge in [-0.15, -0.1) is 0 Å². The Kier molecular flexibility index (Phi) is 2.00. The summed E-state index contributed by atoms with van der Waals surface area (Å²) in [7, 11) is 1.62. The van der Waals surface area contributed by atoms with Crippen LogP contribution in [0.5, 0.6) is 11.5 Å². The molecule has 0 atom stereocenters. The van der Waals surface area contributed by atoms with Crippen LogP contribution in [0.15, 0.2) is 24.4 Å². The zero-order chi connectivity index (χ0) is 10.1. The molecule has 2 aromatic rings. The predicted octanol–water partition coefficient (Wildman–Crippen LogP) is 2.26. The minimum absolute atomic E-state index is 0.225. The molecule has 72 valence electrons. The van der Waals surface area contributed by atoms with Crippen molar-refractivity contribution >= 4 is 10.9 Å². The standard InChI is InChI=1S/C11H11NO2/c1-7-9-4-3-8(14-2)5-10(9)12-6-11(7)13/h3-6,13H,1-2H3. The van der Waals surface area contributed by atoms with Crippen molar-refractivity contribution < 1.29 is 9.84 Å². The van der Waals surface area contributed by atoms with E-state index in [1.54, 1.807) is 7.11 Å².